The number of methoxy groups -OCH3 is 1. The largest absolute Gasteiger partial charge is 0.481 e. The number of hydrogen-bond acceptors (Lipinski definition) is 8. The summed E-state index contributed by atoms with van der Waals surface area (Å²) < 4.78 is 13.8. The van der Waals surface area contributed by atoms with E-state index in [-0.39, 0.29) is 11.8 Å². The van der Waals surface area contributed by atoms with Crippen LogP contribution in [0.5, 0.6) is 5.88 Å². The Kier molecular flexibility index (Phi) is 5.91. The minimum absolute atomic E-state index is 0.000644. The van der Waals surface area contributed by atoms with Gasteiger partial charge in [0.25, 0.3) is 0 Å². The summed E-state index contributed by atoms with van der Waals surface area (Å²) in [5.41, 5.74) is 5.14. The molecule has 1 fully saturated rings. The molecule has 3 heterocycles. The summed E-state index contributed by atoms with van der Waals surface area (Å²) in [5, 5.41) is 6.70. The number of anilines is 1. The zero-order chi connectivity index (χ0) is 21.9. The molecule has 32 heavy (non-hydrogen) atoms. The lowest BCUT2D eigenvalue weighted by Crippen LogP contribution is -2.36. The first-order valence-electron chi connectivity index (χ1n) is 10.7. The quantitative estimate of drug-likeness (QED) is 0.461. The van der Waals surface area contributed by atoms with E-state index < -0.39 is 0 Å². The van der Waals surface area contributed by atoms with Crippen LogP contribution in [-0.2, 0) is 11.3 Å². The van der Waals surface area contributed by atoms with E-state index in [1.165, 1.54) is 17.3 Å². The summed E-state index contributed by atoms with van der Waals surface area (Å²) in [5.74, 6) is 0.541. The van der Waals surface area contributed by atoms with Crippen molar-refractivity contribution < 1.29 is 9.53 Å². The Morgan fingerprint density at radius 3 is 2.72 bits per heavy atom. The maximum atomic E-state index is 12.9. The first-order valence-corrected chi connectivity index (χ1v) is 11.5. The molecule has 2 N–H and O–H groups in total. The highest BCUT2D eigenvalue weighted by molar-refractivity contribution is 7.00. The van der Waals surface area contributed by atoms with Gasteiger partial charge in [-0.25, -0.2) is 4.98 Å². The normalized spacial score (nSPS) is 18.7. The Morgan fingerprint density at radius 1 is 1.06 bits per heavy atom. The van der Waals surface area contributed by atoms with Crippen molar-refractivity contribution in [3.05, 3.63) is 48.2 Å². The van der Waals surface area contributed by atoms with Gasteiger partial charge in [0.15, 0.2) is 0 Å². The van der Waals surface area contributed by atoms with Crippen LogP contribution in [0, 0.1) is 5.92 Å². The number of benzene rings is 1. The second kappa shape index (κ2) is 9.13. The van der Waals surface area contributed by atoms with E-state index in [9.17, 15) is 4.79 Å². The number of amides is 1. The topological polar surface area (TPSA) is 102 Å². The molecular formula is C23H24N6O2S. The zero-order valence-electron chi connectivity index (χ0n) is 17.7. The molecule has 0 radical (unpaired) electrons. The van der Waals surface area contributed by atoms with Crippen molar-refractivity contribution in [2.24, 2.45) is 5.92 Å². The number of aromatic nitrogens is 4. The summed E-state index contributed by atoms with van der Waals surface area (Å²) in [6.45, 7) is 0.797. The number of pyridine rings is 2. The fourth-order valence-corrected chi connectivity index (χ4v) is 4.73. The van der Waals surface area contributed by atoms with Crippen LogP contribution in [0.2, 0.25) is 0 Å². The summed E-state index contributed by atoms with van der Waals surface area (Å²) >= 11 is 1.24. The van der Waals surface area contributed by atoms with E-state index in [0.29, 0.717) is 23.1 Å². The lowest BCUT2D eigenvalue weighted by Gasteiger charge is -2.28. The molecule has 1 aliphatic rings. The number of hydrogen-bond donors (Lipinski definition) is 2. The van der Waals surface area contributed by atoms with Crippen LogP contribution < -0.4 is 15.4 Å². The molecule has 9 heteroatoms. The standard InChI is InChI=1S/C23H24N6O2S/c1-31-21-9-8-18-22(27-21)19(10-11-24-18)26-23(30)15-3-5-16(6-4-15)25-13-14-2-7-17-20(12-14)29-32-28-17/h2,7-12,15-16,25H,3-6,13H2,1H3,(H,24,26,30)/t15-,16-. The Labute approximate surface area is 189 Å². The first kappa shape index (κ1) is 20.7. The van der Waals surface area contributed by atoms with Crippen LogP contribution in [0.4, 0.5) is 5.69 Å². The molecule has 8 nitrogen and oxygen atoms in total. The highest BCUT2D eigenvalue weighted by atomic mass is 32.1. The van der Waals surface area contributed by atoms with Gasteiger partial charge in [-0.05, 0) is 55.5 Å². The van der Waals surface area contributed by atoms with E-state index in [2.05, 4.69) is 41.5 Å². The smallest absolute Gasteiger partial charge is 0.227 e. The van der Waals surface area contributed by atoms with Crippen LogP contribution in [0.15, 0.2) is 42.6 Å². The molecule has 0 bridgehead atoms. The van der Waals surface area contributed by atoms with Gasteiger partial charge in [0, 0.05) is 30.8 Å². The average Bonchev–Trinajstić information content (AvgIpc) is 3.31. The SMILES string of the molecule is COc1ccc2nccc(NC(=O)[C@H]3CC[C@H](NCc4ccc5nsnc5c4)CC3)c2n1. The number of carbonyl (C=O) groups excluding carboxylic acids is 1. The Hall–Kier alpha value is -3.17. The predicted molar refractivity (Wildman–Crippen MR) is 125 cm³/mol. The number of carbonyl (C=O) groups is 1. The Bertz CT molecular complexity index is 1250. The molecule has 0 saturated heterocycles. The molecule has 164 valence electrons. The van der Waals surface area contributed by atoms with Gasteiger partial charge < -0.3 is 15.4 Å². The molecule has 0 aliphatic heterocycles. The second-order valence-electron chi connectivity index (χ2n) is 8.09. The molecule has 5 rings (SSSR count). The van der Waals surface area contributed by atoms with Gasteiger partial charge in [-0.2, -0.15) is 8.75 Å². The molecule has 4 aromatic rings. The number of nitrogens with zero attached hydrogens (tertiary/aromatic N) is 4. The average molecular weight is 449 g/mol. The van der Waals surface area contributed by atoms with E-state index in [4.69, 9.17) is 4.74 Å². The van der Waals surface area contributed by atoms with E-state index in [1.807, 2.05) is 12.1 Å². The summed E-state index contributed by atoms with van der Waals surface area (Å²) in [4.78, 5) is 21.7. The highest BCUT2D eigenvalue weighted by Crippen LogP contribution is 2.28. The van der Waals surface area contributed by atoms with E-state index in [1.54, 1.807) is 25.4 Å². The fraction of sp³-hybridized carbons (Fsp3) is 0.348. The molecule has 1 aliphatic carbocycles. The van der Waals surface area contributed by atoms with Gasteiger partial charge >= 0.3 is 0 Å². The molecular weight excluding hydrogens is 424 g/mol. The van der Waals surface area contributed by atoms with Gasteiger partial charge in [-0.1, -0.05) is 6.07 Å². The van der Waals surface area contributed by atoms with Crippen LogP contribution in [0.25, 0.3) is 22.1 Å². The summed E-state index contributed by atoms with van der Waals surface area (Å²) in [7, 11) is 1.57. The minimum atomic E-state index is -0.000644. The third kappa shape index (κ3) is 4.39. The molecule has 3 aromatic heterocycles. The minimum Gasteiger partial charge on any atom is -0.481 e. The fourth-order valence-electron chi connectivity index (χ4n) is 4.22. The van der Waals surface area contributed by atoms with Crippen molar-refractivity contribution in [2.45, 2.75) is 38.3 Å². The third-order valence-electron chi connectivity index (χ3n) is 6.04. The lowest BCUT2D eigenvalue weighted by atomic mass is 9.85. The number of nitrogens with one attached hydrogen (secondary N) is 2. The lowest BCUT2D eigenvalue weighted by molar-refractivity contribution is -0.120. The van der Waals surface area contributed by atoms with Crippen LogP contribution in [0.1, 0.15) is 31.2 Å². The molecule has 0 atom stereocenters. The van der Waals surface area contributed by atoms with E-state index >= 15 is 0 Å². The van der Waals surface area contributed by atoms with Gasteiger partial charge in [0.05, 0.1) is 30.0 Å². The maximum Gasteiger partial charge on any atom is 0.227 e. The molecule has 1 amide bonds. The van der Waals surface area contributed by atoms with Gasteiger partial charge in [-0.3, -0.25) is 9.78 Å². The van der Waals surface area contributed by atoms with Crippen molar-refractivity contribution in [3.63, 3.8) is 0 Å². The Morgan fingerprint density at radius 2 is 1.88 bits per heavy atom. The van der Waals surface area contributed by atoms with Crippen molar-refractivity contribution in [2.75, 3.05) is 12.4 Å². The van der Waals surface area contributed by atoms with Gasteiger partial charge in [-0.15, -0.1) is 0 Å². The summed E-state index contributed by atoms with van der Waals surface area (Å²) in [6.07, 6.45) is 5.35. The van der Waals surface area contributed by atoms with Crippen LogP contribution in [-0.4, -0.2) is 37.8 Å². The molecule has 1 aromatic carbocycles. The predicted octanol–water partition coefficient (Wildman–Crippen LogP) is 3.93. The molecule has 0 unspecified atom stereocenters. The van der Waals surface area contributed by atoms with Crippen molar-refractivity contribution in [1.29, 1.82) is 0 Å². The van der Waals surface area contributed by atoms with Crippen molar-refractivity contribution in [3.8, 4) is 5.88 Å². The zero-order valence-corrected chi connectivity index (χ0v) is 18.6. The maximum absolute atomic E-state index is 12.9. The number of rotatable bonds is 6. The Balaban J connectivity index is 1.16. The highest BCUT2D eigenvalue weighted by Gasteiger charge is 2.26. The third-order valence-corrected chi connectivity index (χ3v) is 6.59. The number of ether oxygens (including phenoxy) is 1. The molecule has 1 saturated carbocycles. The summed E-state index contributed by atoms with van der Waals surface area (Å²) in [6, 6.07) is 12.0. The number of fused-ring (bicyclic) bond motifs is 2. The van der Waals surface area contributed by atoms with Gasteiger partial charge in [0.1, 0.15) is 16.6 Å². The van der Waals surface area contributed by atoms with E-state index in [0.717, 1.165) is 48.8 Å². The monoisotopic (exact) mass is 448 g/mol. The van der Waals surface area contributed by atoms with Crippen molar-refractivity contribution >= 4 is 45.4 Å². The second-order valence-corrected chi connectivity index (χ2v) is 8.61. The van der Waals surface area contributed by atoms with Crippen LogP contribution in [0.3, 0.4) is 0 Å². The van der Waals surface area contributed by atoms with Crippen LogP contribution >= 0.6 is 11.7 Å². The van der Waals surface area contributed by atoms with Crippen molar-refractivity contribution in [1.82, 2.24) is 24.0 Å². The van der Waals surface area contributed by atoms with Gasteiger partial charge in [0.2, 0.25) is 11.8 Å². The first-order chi connectivity index (χ1) is 15.7. The molecule has 0 spiro atoms.